The minimum atomic E-state index is 0.0415. The number of nitrogens with zero attached hydrogens (tertiary/aromatic N) is 1. The van der Waals surface area contributed by atoms with Gasteiger partial charge < -0.3 is 10.6 Å². The van der Waals surface area contributed by atoms with Crippen LogP contribution in [-0.4, -0.2) is 23.4 Å². The lowest BCUT2D eigenvalue weighted by Gasteiger charge is -2.31. The molecule has 1 aromatic carbocycles. The highest BCUT2D eigenvalue weighted by Crippen LogP contribution is 2.27. The molecule has 3 nitrogen and oxygen atoms in total. The minimum absolute atomic E-state index is 0.0415. The number of hydrogen-bond donors (Lipinski definition) is 1. The summed E-state index contributed by atoms with van der Waals surface area (Å²) in [5.74, 6) is 0.493. The van der Waals surface area contributed by atoms with Gasteiger partial charge >= 0.3 is 0 Å². The van der Waals surface area contributed by atoms with Crippen LogP contribution in [0.4, 0.5) is 5.69 Å². The van der Waals surface area contributed by atoms with Crippen molar-refractivity contribution in [2.45, 2.75) is 45.6 Å². The SMILES string of the molecule is CC(C)CN(C(=O)c1ccc(Cl)cc1N)C1CCCC1. The third-order valence-corrected chi connectivity index (χ3v) is 4.07. The average molecular weight is 295 g/mol. The molecular formula is C16H23ClN2O. The van der Waals surface area contributed by atoms with Gasteiger partial charge in [0, 0.05) is 23.3 Å². The van der Waals surface area contributed by atoms with Crippen molar-refractivity contribution in [2.24, 2.45) is 5.92 Å². The van der Waals surface area contributed by atoms with Gasteiger partial charge in [-0.3, -0.25) is 4.79 Å². The highest BCUT2D eigenvalue weighted by Gasteiger charge is 2.28. The predicted octanol–water partition coefficient (Wildman–Crippen LogP) is 3.96. The van der Waals surface area contributed by atoms with Gasteiger partial charge in [0.15, 0.2) is 0 Å². The standard InChI is InChI=1S/C16H23ClN2O/c1-11(2)10-19(13-5-3-4-6-13)16(20)14-8-7-12(17)9-15(14)18/h7-9,11,13H,3-6,10,18H2,1-2H3. The largest absolute Gasteiger partial charge is 0.398 e. The Labute approximate surface area is 126 Å². The van der Waals surface area contributed by atoms with Crippen molar-refractivity contribution in [3.05, 3.63) is 28.8 Å². The fraction of sp³-hybridized carbons (Fsp3) is 0.562. The van der Waals surface area contributed by atoms with Crippen LogP contribution in [0.15, 0.2) is 18.2 Å². The molecule has 1 aliphatic rings. The molecule has 20 heavy (non-hydrogen) atoms. The second-order valence-electron chi connectivity index (χ2n) is 6.02. The molecular weight excluding hydrogens is 272 g/mol. The minimum Gasteiger partial charge on any atom is -0.398 e. The molecule has 4 heteroatoms. The van der Waals surface area contributed by atoms with E-state index < -0.39 is 0 Å². The molecule has 0 heterocycles. The van der Waals surface area contributed by atoms with E-state index in [1.807, 2.05) is 4.90 Å². The Morgan fingerprint density at radius 3 is 2.60 bits per heavy atom. The number of amides is 1. The molecule has 0 unspecified atom stereocenters. The van der Waals surface area contributed by atoms with Crippen LogP contribution in [0.2, 0.25) is 5.02 Å². The molecule has 0 spiro atoms. The van der Waals surface area contributed by atoms with Gasteiger partial charge in [0.05, 0.1) is 5.56 Å². The van der Waals surface area contributed by atoms with Crippen LogP contribution >= 0.6 is 11.6 Å². The first kappa shape index (κ1) is 15.2. The number of carbonyl (C=O) groups is 1. The lowest BCUT2D eigenvalue weighted by atomic mass is 10.1. The highest BCUT2D eigenvalue weighted by molar-refractivity contribution is 6.31. The Morgan fingerprint density at radius 2 is 2.05 bits per heavy atom. The smallest absolute Gasteiger partial charge is 0.256 e. The van der Waals surface area contributed by atoms with Crippen LogP contribution in [0, 0.1) is 5.92 Å². The van der Waals surface area contributed by atoms with Crippen LogP contribution in [0.3, 0.4) is 0 Å². The van der Waals surface area contributed by atoms with E-state index in [9.17, 15) is 4.79 Å². The average Bonchev–Trinajstić information content (AvgIpc) is 2.88. The fourth-order valence-corrected chi connectivity index (χ4v) is 3.07. The molecule has 2 N–H and O–H groups in total. The van der Waals surface area contributed by atoms with Crippen LogP contribution in [0.1, 0.15) is 49.9 Å². The second kappa shape index (κ2) is 6.49. The van der Waals surface area contributed by atoms with Gasteiger partial charge in [-0.1, -0.05) is 38.3 Å². The lowest BCUT2D eigenvalue weighted by molar-refractivity contribution is 0.0656. The second-order valence-corrected chi connectivity index (χ2v) is 6.46. The summed E-state index contributed by atoms with van der Waals surface area (Å²) >= 11 is 5.91. The molecule has 1 saturated carbocycles. The monoisotopic (exact) mass is 294 g/mol. The maximum absolute atomic E-state index is 12.8. The van der Waals surface area contributed by atoms with E-state index in [0.29, 0.717) is 28.2 Å². The van der Waals surface area contributed by atoms with Crippen LogP contribution in [-0.2, 0) is 0 Å². The van der Waals surface area contributed by atoms with E-state index in [2.05, 4.69) is 13.8 Å². The molecule has 0 radical (unpaired) electrons. The maximum Gasteiger partial charge on any atom is 0.256 e. The third-order valence-electron chi connectivity index (χ3n) is 3.83. The van der Waals surface area contributed by atoms with E-state index >= 15 is 0 Å². The topological polar surface area (TPSA) is 46.3 Å². The Morgan fingerprint density at radius 1 is 1.40 bits per heavy atom. The Bertz CT molecular complexity index is 481. The zero-order valence-corrected chi connectivity index (χ0v) is 13.0. The summed E-state index contributed by atoms with van der Waals surface area (Å²) in [6, 6.07) is 5.48. The molecule has 0 aromatic heterocycles. The zero-order chi connectivity index (χ0) is 14.7. The normalized spacial score (nSPS) is 15.8. The maximum atomic E-state index is 12.8. The number of nitrogens with two attached hydrogens (primary N) is 1. The Hall–Kier alpha value is -1.22. The third kappa shape index (κ3) is 3.45. The summed E-state index contributed by atoms with van der Waals surface area (Å²) in [6.07, 6.45) is 4.63. The van der Waals surface area contributed by atoms with Crippen LogP contribution in [0.25, 0.3) is 0 Å². The highest BCUT2D eigenvalue weighted by atomic mass is 35.5. The van der Waals surface area contributed by atoms with E-state index in [1.54, 1.807) is 18.2 Å². The van der Waals surface area contributed by atoms with Gasteiger partial charge in [0.1, 0.15) is 0 Å². The van der Waals surface area contributed by atoms with Gasteiger partial charge in [0.25, 0.3) is 5.91 Å². The molecule has 1 fully saturated rings. The van der Waals surface area contributed by atoms with Crippen molar-refractivity contribution in [3.63, 3.8) is 0 Å². The van der Waals surface area contributed by atoms with Crippen molar-refractivity contribution in [2.75, 3.05) is 12.3 Å². The number of hydrogen-bond acceptors (Lipinski definition) is 2. The zero-order valence-electron chi connectivity index (χ0n) is 12.2. The fourth-order valence-electron chi connectivity index (χ4n) is 2.89. The summed E-state index contributed by atoms with van der Waals surface area (Å²) in [7, 11) is 0. The van der Waals surface area contributed by atoms with Gasteiger partial charge in [0.2, 0.25) is 0 Å². The molecule has 0 aliphatic heterocycles. The first-order chi connectivity index (χ1) is 9.49. The van der Waals surface area contributed by atoms with E-state index in [1.165, 1.54) is 12.8 Å². The number of anilines is 1. The molecule has 0 saturated heterocycles. The Kier molecular flexibility index (Phi) is 4.92. The summed E-state index contributed by atoms with van der Waals surface area (Å²) in [5, 5.41) is 0.565. The molecule has 1 aromatic rings. The van der Waals surface area contributed by atoms with E-state index in [0.717, 1.165) is 19.4 Å². The molecule has 2 rings (SSSR count). The Balaban J connectivity index is 2.24. The number of rotatable bonds is 4. The number of benzene rings is 1. The summed E-state index contributed by atoms with van der Waals surface area (Å²) in [6.45, 7) is 5.06. The number of carbonyl (C=O) groups excluding carboxylic acids is 1. The van der Waals surface area contributed by atoms with Gasteiger partial charge in [-0.25, -0.2) is 0 Å². The molecule has 1 amide bonds. The van der Waals surface area contributed by atoms with Crippen molar-refractivity contribution in [1.29, 1.82) is 0 Å². The van der Waals surface area contributed by atoms with Crippen molar-refractivity contribution < 1.29 is 4.79 Å². The van der Waals surface area contributed by atoms with Gasteiger partial charge in [-0.2, -0.15) is 0 Å². The summed E-state index contributed by atoms with van der Waals surface area (Å²) < 4.78 is 0. The van der Waals surface area contributed by atoms with E-state index in [4.69, 9.17) is 17.3 Å². The predicted molar refractivity (Wildman–Crippen MR) is 84.0 cm³/mol. The van der Waals surface area contributed by atoms with Crippen LogP contribution < -0.4 is 5.73 Å². The van der Waals surface area contributed by atoms with Crippen molar-refractivity contribution in [1.82, 2.24) is 4.90 Å². The lowest BCUT2D eigenvalue weighted by Crippen LogP contribution is -2.41. The van der Waals surface area contributed by atoms with Gasteiger partial charge in [-0.05, 0) is 37.0 Å². The first-order valence-electron chi connectivity index (χ1n) is 7.35. The number of nitrogen functional groups attached to an aromatic ring is 1. The number of halogens is 1. The van der Waals surface area contributed by atoms with E-state index in [-0.39, 0.29) is 5.91 Å². The quantitative estimate of drug-likeness (QED) is 0.854. The van der Waals surface area contributed by atoms with Crippen molar-refractivity contribution in [3.8, 4) is 0 Å². The van der Waals surface area contributed by atoms with Crippen LogP contribution in [0.5, 0.6) is 0 Å². The molecule has 0 bridgehead atoms. The van der Waals surface area contributed by atoms with Crippen molar-refractivity contribution >= 4 is 23.2 Å². The molecule has 110 valence electrons. The van der Waals surface area contributed by atoms with Gasteiger partial charge in [-0.15, -0.1) is 0 Å². The molecule has 0 atom stereocenters. The first-order valence-corrected chi connectivity index (χ1v) is 7.73. The summed E-state index contributed by atoms with van der Waals surface area (Å²) in [4.78, 5) is 14.8. The molecule has 1 aliphatic carbocycles. The summed E-state index contributed by atoms with van der Waals surface area (Å²) in [5.41, 5.74) is 7.00.